The molecule has 1 amide bonds. The smallest absolute Gasteiger partial charge is 0.224 e. The molecular weight excluding hydrogens is 330 g/mol. The Balaban J connectivity index is 1.53. The Morgan fingerprint density at radius 3 is 3.12 bits per heavy atom. The molecular formula is C20H27N3O3. The number of hydrogen-bond donors (Lipinski definition) is 0. The van der Waals surface area contributed by atoms with Gasteiger partial charge in [-0.15, -0.1) is 0 Å². The van der Waals surface area contributed by atoms with Gasteiger partial charge in [-0.2, -0.15) is 0 Å². The van der Waals surface area contributed by atoms with Gasteiger partial charge in [0.15, 0.2) is 0 Å². The molecule has 2 aromatic rings. The Bertz CT molecular complexity index is 729. The van der Waals surface area contributed by atoms with E-state index in [0.717, 1.165) is 30.0 Å². The standard InChI is InChI=1S/C20H27N3O3/c1-3-19-21-8-10-22(19)9-7-20(24)23-11-12-26-18(15-23)14-16-5-4-6-17(13-16)25-2/h4-6,8,10,13,18H,3,7,9,11-12,14-15H2,1-2H3. The van der Waals surface area contributed by atoms with Crippen LogP contribution in [0.15, 0.2) is 36.7 Å². The number of carbonyl (C=O) groups is 1. The third kappa shape index (κ3) is 4.64. The van der Waals surface area contributed by atoms with Gasteiger partial charge in [-0.1, -0.05) is 19.1 Å². The van der Waals surface area contributed by atoms with Gasteiger partial charge < -0.3 is 18.9 Å². The summed E-state index contributed by atoms with van der Waals surface area (Å²) in [7, 11) is 1.67. The fraction of sp³-hybridized carbons (Fsp3) is 0.500. The highest BCUT2D eigenvalue weighted by molar-refractivity contribution is 5.76. The van der Waals surface area contributed by atoms with Crippen LogP contribution in [0.5, 0.6) is 5.75 Å². The van der Waals surface area contributed by atoms with Gasteiger partial charge in [-0.3, -0.25) is 4.79 Å². The second-order valence-electron chi connectivity index (χ2n) is 6.53. The van der Waals surface area contributed by atoms with Crippen LogP contribution in [-0.2, 0) is 28.9 Å². The number of benzene rings is 1. The topological polar surface area (TPSA) is 56.6 Å². The molecule has 0 N–H and O–H groups in total. The first-order chi connectivity index (χ1) is 12.7. The van der Waals surface area contributed by atoms with E-state index in [9.17, 15) is 4.79 Å². The Morgan fingerprint density at radius 1 is 1.42 bits per heavy atom. The fourth-order valence-corrected chi connectivity index (χ4v) is 3.36. The summed E-state index contributed by atoms with van der Waals surface area (Å²) < 4.78 is 13.2. The maximum atomic E-state index is 12.6. The average Bonchev–Trinajstić information content (AvgIpc) is 3.14. The molecule has 0 radical (unpaired) electrons. The highest BCUT2D eigenvalue weighted by Crippen LogP contribution is 2.17. The van der Waals surface area contributed by atoms with Crippen LogP contribution in [0, 0.1) is 0 Å². The molecule has 1 aromatic heterocycles. The monoisotopic (exact) mass is 357 g/mol. The zero-order valence-electron chi connectivity index (χ0n) is 15.6. The second kappa shape index (κ2) is 8.85. The highest BCUT2D eigenvalue weighted by Gasteiger charge is 2.24. The summed E-state index contributed by atoms with van der Waals surface area (Å²) >= 11 is 0. The van der Waals surface area contributed by atoms with Crippen molar-refractivity contribution in [2.45, 2.75) is 38.8 Å². The Morgan fingerprint density at radius 2 is 2.31 bits per heavy atom. The Kier molecular flexibility index (Phi) is 6.28. The molecule has 6 nitrogen and oxygen atoms in total. The normalized spacial score (nSPS) is 17.3. The van der Waals surface area contributed by atoms with E-state index >= 15 is 0 Å². The summed E-state index contributed by atoms with van der Waals surface area (Å²) in [5, 5.41) is 0. The lowest BCUT2D eigenvalue weighted by Crippen LogP contribution is -2.46. The lowest BCUT2D eigenvalue weighted by atomic mass is 10.1. The minimum absolute atomic E-state index is 0.0271. The molecule has 0 spiro atoms. The first-order valence-corrected chi connectivity index (χ1v) is 9.22. The second-order valence-corrected chi connectivity index (χ2v) is 6.53. The minimum Gasteiger partial charge on any atom is -0.497 e. The molecule has 0 bridgehead atoms. The van der Waals surface area contributed by atoms with Crippen molar-refractivity contribution >= 4 is 5.91 Å². The van der Waals surface area contributed by atoms with Gasteiger partial charge in [0.25, 0.3) is 0 Å². The van der Waals surface area contributed by atoms with Crippen LogP contribution in [0.1, 0.15) is 24.7 Å². The lowest BCUT2D eigenvalue weighted by Gasteiger charge is -2.33. The number of hydrogen-bond acceptors (Lipinski definition) is 4. The molecule has 1 fully saturated rings. The van der Waals surface area contributed by atoms with E-state index in [0.29, 0.717) is 32.7 Å². The summed E-state index contributed by atoms with van der Waals surface area (Å²) in [6.07, 6.45) is 5.91. The lowest BCUT2D eigenvalue weighted by molar-refractivity contribution is -0.138. The van der Waals surface area contributed by atoms with Gasteiger partial charge in [0.05, 0.1) is 19.8 Å². The van der Waals surface area contributed by atoms with E-state index in [-0.39, 0.29) is 12.0 Å². The number of imidazole rings is 1. The molecule has 1 aliphatic rings. The molecule has 1 saturated heterocycles. The predicted molar refractivity (Wildman–Crippen MR) is 99.2 cm³/mol. The van der Waals surface area contributed by atoms with Crippen molar-refractivity contribution in [3.8, 4) is 5.75 Å². The van der Waals surface area contributed by atoms with Crippen molar-refractivity contribution in [3.05, 3.63) is 48.0 Å². The Labute approximate surface area is 154 Å². The van der Waals surface area contributed by atoms with Crippen molar-refractivity contribution in [2.75, 3.05) is 26.8 Å². The summed E-state index contributed by atoms with van der Waals surface area (Å²) in [5.41, 5.74) is 1.16. The van der Waals surface area contributed by atoms with Gasteiger partial charge in [-0.05, 0) is 17.7 Å². The zero-order chi connectivity index (χ0) is 18.4. The molecule has 1 aliphatic heterocycles. The third-order valence-corrected chi connectivity index (χ3v) is 4.77. The predicted octanol–water partition coefficient (Wildman–Crippen LogP) is 2.31. The van der Waals surface area contributed by atoms with Crippen LogP contribution >= 0.6 is 0 Å². The number of amides is 1. The number of morpholine rings is 1. The van der Waals surface area contributed by atoms with Crippen LogP contribution in [0.25, 0.3) is 0 Å². The third-order valence-electron chi connectivity index (χ3n) is 4.77. The first-order valence-electron chi connectivity index (χ1n) is 9.22. The van der Waals surface area contributed by atoms with E-state index in [2.05, 4.69) is 22.5 Å². The molecule has 2 heterocycles. The molecule has 1 aromatic carbocycles. The quantitative estimate of drug-likeness (QED) is 0.763. The van der Waals surface area contributed by atoms with E-state index in [4.69, 9.17) is 9.47 Å². The van der Waals surface area contributed by atoms with E-state index in [1.165, 1.54) is 0 Å². The minimum atomic E-state index is 0.0271. The number of ether oxygens (including phenoxy) is 2. The Hall–Kier alpha value is -2.34. The van der Waals surface area contributed by atoms with E-state index in [1.54, 1.807) is 13.3 Å². The summed E-state index contributed by atoms with van der Waals surface area (Å²) in [5.74, 6) is 2.05. The van der Waals surface area contributed by atoms with Gasteiger partial charge in [0.2, 0.25) is 5.91 Å². The highest BCUT2D eigenvalue weighted by atomic mass is 16.5. The number of carbonyl (C=O) groups excluding carboxylic acids is 1. The summed E-state index contributed by atoms with van der Waals surface area (Å²) in [4.78, 5) is 18.8. The average molecular weight is 357 g/mol. The molecule has 0 saturated carbocycles. The number of methoxy groups -OCH3 is 1. The van der Waals surface area contributed by atoms with Crippen LogP contribution in [0.2, 0.25) is 0 Å². The van der Waals surface area contributed by atoms with E-state index < -0.39 is 0 Å². The summed E-state index contributed by atoms with van der Waals surface area (Å²) in [6.45, 7) is 4.65. The van der Waals surface area contributed by atoms with Crippen molar-refractivity contribution < 1.29 is 14.3 Å². The number of aryl methyl sites for hydroxylation is 2. The maximum Gasteiger partial charge on any atom is 0.224 e. The van der Waals surface area contributed by atoms with Crippen LogP contribution in [0.4, 0.5) is 0 Å². The SMILES string of the molecule is CCc1nccn1CCC(=O)N1CCOC(Cc2cccc(OC)c2)C1. The first kappa shape index (κ1) is 18.5. The van der Waals surface area contributed by atoms with Crippen molar-refractivity contribution in [2.24, 2.45) is 0 Å². The zero-order valence-corrected chi connectivity index (χ0v) is 15.6. The van der Waals surface area contributed by atoms with Gasteiger partial charge >= 0.3 is 0 Å². The summed E-state index contributed by atoms with van der Waals surface area (Å²) in [6, 6.07) is 8.01. The van der Waals surface area contributed by atoms with Gasteiger partial charge in [-0.25, -0.2) is 4.98 Å². The van der Waals surface area contributed by atoms with Crippen LogP contribution in [-0.4, -0.2) is 53.3 Å². The number of rotatable bonds is 7. The van der Waals surface area contributed by atoms with Crippen molar-refractivity contribution in [1.29, 1.82) is 0 Å². The largest absolute Gasteiger partial charge is 0.497 e. The number of aromatic nitrogens is 2. The molecule has 3 rings (SSSR count). The number of nitrogens with zero attached hydrogens (tertiary/aromatic N) is 3. The van der Waals surface area contributed by atoms with Gasteiger partial charge in [0, 0.05) is 51.3 Å². The molecule has 0 aliphatic carbocycles. The van der Waals surface area contributed by atoms with Crippen molar-refractivity contribution in [3.63, 3.8) is 0 Å². The van der Waals surface area contributed by atoms with Crippen molar-refractivity contribution in [1.82, 2.24) is 14.5 Å². The molecule has 1 atom stereocenters. The fourth-order valence-electron chi connectivity index (χ4n) is 3.36. The van der Waals surface area contributed by atoms with Crippen LogP contribution < -0.4 is 4.74 Å². The van der Waals surface area contributed by atoms with Gasteiger partial charge in [0.1, 0.15) is 11.6 Å². The van der Waals surface area contributed by atoms with E-state index in [1.807, 2.05) is 29.3 Å². The van der Waals surface area contributed by atoms with Crippen LogP contribution in [0.3, 0.4) is 0 Å². The molecule has 6 heteroatoms. The maximum absolute atomic E-state index is 12.6. The molecule has 1 unspecified atom stereocenters. The molecule has 140 valence electrons. The molecule has 26 heavy (non-hydrogen) atoms.